The number of nitrogen functional groups attached to an aromatic ring is 1. The minimum absolute atomic E-state index is 0.00399. The van der Waals surface area contributed by atoms with E-state index >= 15 is 0 Å². The van der Waals surface area contributed by atoms with Crippen LogP contribution in [0.15, 0.2) is 0 Å². The molecule has 1 aliphatic heterocycles. The largest absolute Gasteiger partial charge is 0.393 e. The monoisotopic (exact) mass is 530 g/mol. The number of thiazole rings is 1. The average Bonchev–Trinajstić information content (AvgIpc) is 3.46. The van der Waals surface area contributed by atoms with Gasteiger partial charge in [-0.25, -0.2) is 4.98 Å². The summed E-state index contributed by atoms with van der Waals surface area (Å²) in [4.78, 5) is 6.21. The number of fused-ring (bicyclic) bond motifs is 6. The van der Waals surface area contributed by atoms with Crippen molar-refractivity contribution in [3.05, 3.63) is 10.6 Å². The Morgan fingerprint density at radius 2 is 1.65 bits per heavy atom. The van der Waals surface area contributed by atoms with E-state index in [-0.39, 0.29) is 45.4 Å². The summed E-state index contributed by atoms with van der Waals surface area (Å²) in [6, 6.07) is 0. The number of aliphatic hydroxyl groups is 2. The third-order valence-electron chi connectivity index (χ3n) is 13.3. The number of hydrogen-bond donors (Lipinski definition) is 3. The van der Waals surface area contributed by atoms with Crippen LogP contribution in [0.25, 0.3) is 0 Å². The molecule has 0 bridgehead atoms. The predicted octanol–water partition coefficient (Wildman–Crippen LogP) is 6.10. The summed E-state index contributed by atoms with van der Waals surface area (Å²) in [5.74, 6) is 1.58. The fourth-order valence-corrected chi connectivity index (χ4v) is 12.6. The summed E-state index contributed by atoms with van der Waals surface area (Å²) in [6.45, 7) is 18.4. The minimum Gasteiger partial charge on any atom is -0.393 e. The van der Waals surface area contributed by atoms with Gasteiger partial charge in [-0.1, -0.05) is 34.6 Å². The van der Waals surface area contributed by atoms with Crippen LogP contribution < -0.4 is 5.73 Å². The van der Waals surface area contributed by atoms with Gasteiger partial charge in [-0.15, -0.1) is 11.3 Å². The van der Waals surface area contributed by atoms with E-state index in [1.165, 1.54) is 23.4 Å². The lowest BCUT2D eigenvalue weighted by Gasteiger charge is -2.69. The van der Waals surface area contributed by atoms with Crippen LogP contribution in [0.4, 0.5) is 5.13 Å². The first kappa shape index (κ1) is 26.5. The van der Waals surface area contributed by atoms with Gasteiger partial charge < -0.3 is 20.7 Å². The maximum atomic E-state index is 12.1. The number of anilines is 1. The Morgan fingerprint density at radius 1 is 0.973 bits per heavy atom. The molecule has 3 saturated carbocycles. The van der Waals surface area contributed by atoms with Crippen molar-refractivity contribution in [2.24, 2.45) is 39.9 Å². The van der Waals surface area contributed by atoms with Gasteiger partial charge in [-0.2, -0.15) is 0 Å². The third-order valence-corrected chi connectivity index (χ3v) is 14.2. The Kier molecular flexibility index (Phi) is 5.55. The van der Waals surface area contributed by atoms with E-state index in [1.807, 2.05) is 13.8 Å². The highest BCUT2D eigenvalue weighted by Gasteiger charge is 2.72. The molecular formula is C31H50N2O3S. The number of rotatable bonds is 2. The zero-order chi connectivity index (χ0) is 27.0. The predicted molar refractivity (Wildman–Crippen MR) is 149 cm³/mol. The lowest BCUT2D eigenvalue weighted by atomic mass is 9.35. The van der Waals surface area contributed by atoms with Gasteiger partial charge in [0.25, 0.3) is 0 Å². The van der Waals surface area contributed by atoms with Gasteiger partial charge in [0.05, 0.1) is 29.1 Å². The van der Waals surface area contributed by atoms with Gasteiger partial charge >= 0.3 is 0 Å². The lowest BCUT2D eigenvalue weighted by Crippen LogP contribution is -2.66. The van der Waals surface area contributed by atoms with Crippen LogP contribution in [0.3, 0.4) is 0 Å². The number of ether oxygens (including phenoxy) is 1. The normalized spacial score (nSPS) is 50.8. The molecule has 10 atom stereocenters. The number of nitrogens with zero attached hydrogens (tertiary/aromatic N) is 1. The quantitative estimate of drug-likeness (QED) is 0.430. The minimum atomic E-state index is -0.832. The van der Waals surface area contributed by atoms with Crippen molar-refractivity contribution >= 4 is 16.5 Å². The molecule has 5 nitrogen and oxygen atoms in total. The van der Waals surface area contributed by atoms with Crippen molar-refractivity contribution in [3.8, 4) is 0 Å². The molecule has 1 aromatic heterocycles. The van der Waals surface area contributed by atoms with Gasteiger partial charge in [-0.3, -0.25) is 0 Å². The van der Waals surface area contributed by atoms with Gasteiger partial charge in [-0.05, 0) is 112 Å². The van der Waals surface area contributed by atoms with Crippen molar-refractivity contribution in [3.63, 3.8) is 0 Å². The van der Waals surface area contributed by atoms with E-state index in [1.54, 1.807) is 11.3 Å². The van der Waals surface area contributed by atoms with Crippen molar-refractivity contribution < 1.29 is 14.9 Å². The Labute approximate surface area is 228 Å². The fraction of sp³-hybridized carbons (Fsp3) is 0.903. The molecule has 2 heterocycles. The van der Waals surface area contributed by atoms with Gasteiger partial charge in [0.15, 0.2) is 5.13 Å². The van der Waals surface area contributed by atoms with Crippen molar-refractivity contribution in [2.75, 3.05) is 5.73 Å². The van der Waals surface area contributed by atoms with E-state index in [4.69, 9.17) is 15.5 Å². The molecular weight excluding hydrogens is 480 g/mol. The van der Waals surface area contributed by atoms with Crippen molar-refractivity contribution in [1.82, 2.24) is 4.98 Å². The Bertz CT molecular complexity index is 1090. The van der Waals surface area contributed by atoms with E-state index in [0.29, 0.717) is 22.9 Å². The van der Waals surface area contributed by atoms with Crippen LogP contribution >= 0.6 is 11.3 Å². The van der Waals surface area contributed by atoms with Gasteiger partial charge in [0, 0.05) is 10.3 Å². The van der Waals surface area contributed by atoms with E-state index in [0.717, 1.165) is 38.5 Å². The maximum absolute atomic E-state index is 12.1. The summed E-state index contributed by atoms with van der Waals surface area (Å²) in [5, 5.41) is 23.5. The second kappa shape index (κ2) is 7.73. The Hall–Kier alpha value is -0.690. The first-order valence-electron chi connectivity index (χ1n) is 14.8. The first-order valence-corrected chi connectivity index (χ1v) is 15.6. The van der Waals surface area contributed by atoms with E-state index < -0.39 is 5.60 Å². The van der Waals surface area contributed by atoms with Crippen LogP contribution in [-0.4, -0.2) is 38.6 Å². The summed E-state index contributed by atoms with van der Waals surface area (Å²) in [5.41, 5.74) is 6.73. The molecule has 208 valence electrons. The third kappa shape index (κ3) is 3.34. The maximum Gasteiger partial charge on any atom is 0.180 e. The molecule has 0 amide bonds. The zero-order valence-electron chi connectivity index (χ0n) is 24.4. The van der Waals surface area contributed by atoms with Crippen molar-refractivity contribution in [2.45, 2.75) is 136 Å². The van der Waals surface area contributed by atoms with E-state index in [9.17, 15) is 10.2 Å². The molecule has 0 spiro atoms. The van der Waals surface area contributed by atoms with Gasteiger partial charge in [0.1, 0.15) is 0 Å². The van der Waals surface area contributed by atoms with Crippen LogP contribution in [0, 0.1) is 39.9 Å². The molecule has 0 aromatic carbocycles. The summed E-state index contributed by atoms with van der Waals surface area (Å²) < 4.78 is 6.70. The molecule has 1 aromatic rings. The summed E-state index contributed by atoms with van der Waals surface area (Å²) in [7, 11) is 0. The lowest BCUT2D eigenvalue weighted by molar-refractivity contribution is -0.227. The SMILES string of the molecule is CC(C)(O)[C@H]1CC[C@@](C)([C@H]2CC[C@]3(C)[C@@H]2[C@H](O)C[C@@H]2[C@@]4(C)Cc5sc(N)nc5C(C)(C)[C@@H]4CC[C@]23C)O1. The molecule has 4 fully saturated rings. The highest BCUT2D eigenvalue weighted by atomic mass is 32.1. The highest BCUT2D eigenvalue weighted by molar-refractivity contribution is 7.15. The zero-order valence-corrected chi connectivity index (χ0v) is 25.2. The fourth-order valence-electron chi connectivity index (χ4n) is 11.4. The molecule has 0 radical (unpaired) electrons. The summed E-state index contributed by atoms with van der Waals surface area (Å²) >= 11 is 1.69. The Morgan fingerprint density at radius 3 is 2.30 bits per heavy atom. The number of aliphatic hydroxyl groups excluding tert-OH is 1. The number of hydrogen-bond acceptors (Lipinski definition) is 6. The molecule has 6 rings (SSSR count). The second-order valence-electron chi connectivity index (χ2n) is 15.8. The molecule has 4 N–H and O–H groups in total. The molecule has 0 unspecified atom stereocenters. The molecule has 37 heavy (non-hydrogen) atoms. The second-order valence-corrected chi connectivity index (χ2v) is 16.9. The van der Waals surface area contributed by atoms with Crippen molar-refractivity contribution in [1.29, 1.82) is 0 Å². The van der Waals surface area contributed by atoms with E-state index in [2.05, 4.69) is 41.5 Å². The Balaban J connectivity index is 1.37. The average molecular weight is 531 g/mol. The number of nitrogens with two attached hydrogens (primary N) is 1. The first-order chi connectivity index (χ1) is 17.0. The van der Waals surface area contributed by atoms with Crippen LogP contribution in [0.1, 0.15) is 111 Å². The van der Waals surface area contributed by atoms with Gasteiger partial charge in [0.2, 0.25) is 0 Å². The molecule has 4 aliphatic carbocycles. The van der Waals surface area contributed by atoms with Crippen LogP contribution in [0.5, 0.6) is 0 Å². The highest BCUT2D eigenvalue weighted by Crippen LogP contribution is 2.75. The topological polar surface area (TPSA) is 88.6 Å². The summed E-state index contributed by atoms with van der Waals surface area (Å²) in [6.07, 6.45) is 8.02. The van der Waals surface area contributed by atoms with Crippen LogP contribution in [0.2, 0.25) is 0 Å². The molecule has 6 heteroatoms. The molecule has 5 aliphatic rings. The number of aromatic nitrogens is 1. The van der Waals surface area contributed by atoms with Crippen LogP contribution in [-0.2, 0) is 16.6 Å². The standard InChI is InChI=1S/C31H50N2O3S/c1-26(2)20-10-13-29(6)21(28(20,5)16-19-24(26)33-25(32)37-19)15-18(34)23-17(9-12-30(23,29)7)31(8)14-11-22(36-31)27(3,4)35/h17-18,20-23,34-35H,9-16H2,1-8H3,(H2,32,33)/t17-,18+,20-,21+,22+,23-,28-,29+,30+,31-/m0/s1. The smallest absolute Gasteiger partial charge is 0.180 e. The molecule has 1 saturated heterocycles.